The van der Waals surface area contributed by atoms with Gasteiger partial charge in [0.1, 0.15) is 10.6 Å². The van der Waals surface area contributed by atoms with E-state index < -0.39 is 30.9 Å². The molecule has 112 valence electrons. The second-order valence-corrected chi connectivity index (χ2v) is 6.97. The highest BCUT2D eigenvalue weighted by Crippen LogP contribution is 2.30. The first-order chi connectivity index (χ1) is 9.59. The lowest BCUT2D eigenvalue weighted by Crippen LogP contribution is -2.00. The molecule has 0 atom stereocenters. The standard InChI is InChI=1S/C12H10O7S2/c13-11-5-4-9(7-12(11)21(17,18)19)8-2-1-3-10(6-8)20(14,15)16/h1-7,13H,(H,14,15,16)(H,17,18,19). The first-order valence-electron chi connectivity index (χ1n) is 5.47. The van der Waals surface area contributed by atoms with Gasteiger partial charge in [-0.2, -0.15) is 16.8 Å². The van der Waals surface area contributed by atoms with Gasteiger partial charge in [-0.3, -0.25) is 9.11 Å². The van der Waals surface area contributed by atoms with Gasteiger partial charge < -0.3 is 5.11 Å². The molecular weight excluding hydrogens is 320 g/mol. The molecule has 0 saturated carbocycles. The largest absolute Gasteiger partial charge is 0.506 e. The highest BCUT2D eigenvalue weighted by atomic mass is 32.2. The lowest BCUT2D eigenvalue weighted by atomic mass is 10.1. The molecule has 3 N–H and O–H groups in total. The molecule has 0 bridgehead atoms. The molecule has 7 nitrogen and oxygen atoms in total. The zero-order chi connectivity index (χ0) is 15.8. The fraction of sp³-hybridized carbons (Fsp3) is 0. The number of phenols is 1. The predicted octanol–water partition coefficient (Wildman–Crippen LogP) is 1.55. The fourth-order valence-corrected chi connectivity index (χ4v) is 2.87. The zero-order valence-corrected chi connectivity index (χ0v) is 12.0. The van der Waals surface area contributed by atoms with Crippen LogP contribution < -0.4 is 0 Å². The molecule has 0 radical (unpaired) electrons. The van der Waals surface area contributed by atoms with Gasteiger partial charge >= 0.3 is 0 Å². The molecule has 21 heavy (non-hydrogen) atoms. The maximum absolute atomic E-state index is 11.1. The summed E-state index contributed by atoms with van der Waals surface area (Å²) in [7, 11) is -9.02. The van der Waals surface area contributed by atoms with Crippen LogP contribution in [0.4, 0.5) is 0 Å². The van der Waals surface area contributed by atoms with Gasteiger partial charge in [-0.1, -0.05) is 18.2 Å². The molecule has 0 saturated heterocycles. The average molecular weight is 330 g/mol. The van der Waals surface area contributed by atoms with Gasteiger partial charge in [0.15, 0.2) is 0 Å². The number of aromatic hydroxyl groups is 1. The summed E-state index contributed by atoms with van der Waals surface area (Å²) in [4.78, 5) is -1.06. The summed E-state index contributed by atoms with van der Waals surface area (Å²) in [6.45, 7) is 0. The van der Waals surface area contributed by atoms with Crippen molar-refractivity contribution in [1.82, 2.24) is 0 Å². The topological polar surface area (TPSA) is 129 Å². The summed E-state index contributed by atoms with van der Waals surface area (Å²) in [5.41, 5.74) is 0.529. The minimum absolute atomic E-state index is 0.242. The van der Waals surface area contributed by atoms with Gasteiger partial charge in [-0.15, -0.1) is 0 Å². The van der Waals surface area contributed by atoms with Gasteiger partial charge in [-0.05, 0) is 35.4 Å². The van der Waals surface area contributed by atoms with E-state index in [1.165, 1.54) is 24.3 Å². The Bertz CT molecular complexity index is 899. The van der Waals surface area contributed by atoms with Gasteiger partial charge in [0, 0.05) is 0 Å². The van der Waals surface area contributed by atoms with Crippen LogP contribution in [0.3, 0.4) is 0 Å². The van der Waals surface area contributed by atoms with Crippen LogP contribution in [-0.2, 0) is 20.2 Å². The number of phenolic OH excluding ortho intramolecular Hbond substituents is 1. The van der Waals surface area contributed by atoms with Crippen LogP contribution in [0.15, 0.2) is 52.3 Å². The molecular formula is C12H10O7S2. The number of hydrogen-bond donors (Lipinski definition) is 3. The van der Waals surface area contributed by atoms with E-state index in [1.807, 2.05) is 0 Å². The summed E-state index contributed by atoms with van der Waals surface area (Å²) in [6, 6.07) is 8.53. The summed E-state index contributed by atoms with van der Waals surface area (Å²) < 4.78 is 62.4. The minimum Gasteiger partial charge on any atom is -0.506 e. The van der Waals surface area contributed by atoms with Crippen LogP contribution >= 0.6 is 0 Å². The van der Waals surface area contributed by atoms with E-state index in [9.17, 15) is 21.9 Å². The Morgan fingerprint density at radius 3 is 1.95 bits per heavy atom. The van der Waals surface area contributed by atoms with Crippen LogP contribution in [0, 0.1) is 0 Å². The van der Waals surface area contributed by atoms with Crippen molar-refractivity contribution in [3.05, 3.63) is 42.5 Å². The third kappa shape index (κ3) is 3.39. The Kier molecular flexibility index (Phi) is 3.76. The molecule has 9 heteroatoms. The van der Waals surface area contributed by atoms with E-state index in [-0.39, 0.29) is 16.0 Å². The Morgan fingerprint density at radius 2 is 1.38 bits per heavy atom. The van der Waals surface area contributed by atoms with Crippen LogP contribution in [0.2, 0.25) is 0 Å². The SMILES string of the molecule is O=S(=O)(O)c1cccc(-c2ccc(O)c(S(=O)(=O)O)c2)c1. The minimum atomic E-state index is -4.62. The van der Waals surface area contributed by atoms with E-state index >= 15 is 0 Å². The Balaban J connectivity index is 2.64. The molecule has 0 spiro atoms. The van der Waals surface area contributed by atoms with Crippen molar-refractivity contribution in [2.75, 3.05) is 0 Å². The van der Waals surface area contributed by atoms with Crippen LogP contribution in [0.1, 0.15) is 0 Å². The number of hydrogen-bond acceptors (Lipinski definition) is 5. The molecule has 0 aromatic heterocycles. The van der Waals surface area contributed by atoms with Crippen molar-refractivity contribution in [1.29, 1.82) is 0 Å². The molecule has 0 unspecified atom stereocenters. The molecule has 0 amide bonds. The van der Waals surface area contributed by atoms with Gasteiger partial charge in [0.05, 0.1) is 4.90 Å². The Labute approximate surface area is 121 Å². The lowest BCUT2D eigenvalue weighted by Gasteiger charge is -2.07. The molecule has 0 aliphatic heterocycles. The maximum atomic E-state index is 11.1. The molecule has 0 aliphatic rings. The number of rotatable bonds is 3. The molecule has 2 aromatic rings. The average Bonchev–Trinajstić information content (AvgIpc) is 2.37. The molecule has 2 rings (SSSR count). The Morgan fingerprint density at radius 1 is 0.762 bits per heavy atom. The third-order valence-electron chi connectivity index (χ3n) is 2.70. The highest BCUT2D eigenvalue weighted by molar-refractivity contribution is 7.86. The first-order valence-corrected chi connectivity index (χ1v) is 8.35. The van der Waals surface area contributed by atoms with Crippen LogP contribution in [0.5, 0.6) is 5.75 Å². The zero-order valence-electron chi connectivity index (χ0n) is 10.3. The van der Waals surface area contributed by atoms with E-state index in [1.54, 1.807) is 0 Å². The van der Waals surface area contributed by atoms with Gasteiger partial charge in [-0.25, -0.2) is 0 Å². The van der Waals surface area contributed by atoms with Crippen molar-refractivity contribution < 1.29 is 31.0 Å². The van der Waals surface area contributed by atoms with E-state index in [4.69, 9.17) is 9.11 Å². The second-order valence-electron chi connectivity index (χ2n) is 4.16. The first kappa shape index (κ1) is 15.4. The van der Waals surface area contributed by atoms with Gasteiger partial charge in [0.25, 0.3) is 20.2 Å². The smallest absolute Gasteiger partial charge is 0.298 e. The quantitative estimate of drug-likeness (QED) is 0.728. The van der Waals surface area contributed by atoms with E-state index in [0.29, 0.717) is 0 Å². The van der Waals surface area contributed by atoms with Crippen molar-refractivity contribution >= 4 is 20.2 Å². The lowest BCUT2D eigenvalue weighted by molar-refractivity contribution is 0.443. The van der Waals surface area contributed by atoms with Crippen molar-refractivity contribution in [2.45, 2.75) is 9.79 Å². The monoisotopic (exact) mass is 330 g/mol. The Hall–Kier alpha value is -1.94. The third-order valence-corrected chi connectivity index (χ3v) is 4.44. The normalized spacial score (nSPS) is 12.3. The predicted molar refractivity (Wildman–Crippen MR) is 73.2 cm³/mol. The molecule has 2 aromatic carbocycles. The van der Waals surface area contributed by atoms with E-state index in [0.717, 1.165) is 18.2 Å². The molecule has 0 heterocycles. The second kappa shape index (κ2) is 5.11. The number of benzene rings is 2. The van der Waals surface area contributed by atoms with Crippen molar-refractivity contribution in [2.24, 2.45) is 0 Å². The summed E-state index contributed by atoms with van der Waals surface area (Å²) >= 11 is 0. The molecule has 0 fully saturated rings. The maximum Gasteiger partial charge on any atom is 0.298 e. The van der Waals surface area contributed by atoms with Crippen LogP contribution in [-0.4, -0.2) is 31.0 Å². The van der Waals surface area contributed by atoms with Gasteiger partial charge in [0.2, 0.25) is 0 Å². The summed E-state index contributed by atoms with van der Waals surface area (Å²) in [5, 5.41) is 9.43. The van der Waals surface area contributed by atoms with Crippen molar-refractivity contribution in [3.63, 3.8) is 0 Å². The summed E-state index contributed by atoms with van der Waals surface area (Å²) in [6.07, 6.45) is 0. The highest BCUT2D eigenvalue weighted by Gasteiger charge is 2.17. The fourth-order valence-electron chi connectivity index (χ4n) is 1.74. The van der Waals surface area contributed by atoms with Crippen molar-refractivity contribution in [3.8, 4) is 16.9 Å². The summed E-state index contributed by atoms with van der Waals surface area (Å²) in [5.74, 6) is -0.632. The molecule has 0 aliphatic carbocycles. The van der Waals surface area contributed by atoms with E-state index in [2.05, 4.69) is 0 Å². The van der Waals surface area contributed by atoms with Crippen LogP contribution in [0.25, 0.3) is 11.1 Å².